The Hall–Kier alpha value is -1.26. The molecule has 8 N–H and O–H groups in total. The van der Waals surface area contributed by atoms with Crippen molar-refractivity contribution in [3.05, 3.63) is 29.8 Å². The molecule has 0 heterocycles. The number of nitrogens with one attached hydrogen (secondary N) is 1. The molecule has 0 bridgehead atoms. The molecule has 0 saturated heterocycles. The molecule has 8 heteroatoms. The third-order valence-corrected chi connectivity index (χ3v) is 4.81. The van der Waals surface area contributed by atoms with Crippen LogP contribution >= 0.6 is 0 Å². The highest BCUT2D eigenvalue weighted by atomic mass is 16.5. The average molecular weight is 383 g/mol. The van der Waals surface area contributed by atoms with Gasteiger partial charge in [0.1, 0.15) is 24.1 Å². The number of benzene rings is 1. The number of aliphatic hydroxyl groups excluding tert-OH is 1. The summed E-state index contributed by atoms with van der Waals surface area (Å²) in [5.41, 5.74) is 18.8. The second-order valence-corrected chi connectivity index (χ2v) is 6.91. The van der Waals surface area contributed by atoms with Crippen LogP contribution in [0.2, 0.25) is 0 Å². The molecule has 154 valence electrons. The van der Waals surface area contributed by atoms with E-state index in [1.165, 1.54) is 0 Å². The Morgan fingerprint density at radius 3 is 2.37 bits per heavy atom. The van der Waals surface area contributed by atoms with Crippen molar-refractivity contribution in [2.75, 3.05) is 33.4 Å². The zero-order valence-electron chi connectivity index (χ0n) is 16.0. The molecule has 1 aromatic carbocycles. The molecule has 2 rings (SSSR count). The predicted octanol–water partition coefficient (Wildman–Crippen LogP) is -0.677. The summed E-state index contributed by atoms with van der Waals surface area (Å²) in [7, 11) is 1.63. The van der Waals surface area contributed by atoms with Crippen LogP contribution in [0.15, 0.2) is 24.3 Å². The fraction of sp³-hybridized carbons (Fsp3) is 0.684. The van der Waals surface area contributed by atoms with Gasteiger partial charge in [-0.15, -0.1) is 0 Å². The average Bonchev–Trinajstić information content (AvgIpc) is 2.67. The van der Waals surface area contributed by atoms with Crippen LogP contribution in [0.4, 0.5) is 0 Å². The highest BCUT2D eigenvalue weighted by molar-refractivity contribution is 5.26. The van der Waals surface area contributed by atoms with Gasteiger partial charge in [-0.2, -0.15) is 0 Å². The van der Waals surface area contributed by atoms with Crippen molar-refractivity contribution in [1.29, 1.82) is 0 Å². The minimum atomic E-state index is -0.869. The lowest BCUT2D eigenvalue weighted by Crippen LogP contribution is -2.62. The first-order valence-electron chi connectivity index (χ1n) is 9.53. The largest absolute Gasteiger partial charge is 0.497 e. The number of nitrogens with two attached hydrogens (primary N) is 3. The third kappa shape index (κ3) is 6.69. The van der Waals surface area contributed by atoms with E-state index in [-0.39, 0.29) is 12.1 Å². The number of aliphatic hydroxyl groups is 1. The second kappa shape index (κ2) is 11.6. The van der Waals surface area contributed by atoms with Crippen molar-refractivity contribution in [1.82, 2.24) is 5.32 Å². The van der Waals surface area contributed by atoms with Crippen LogP contribution in [0.5, 0.6) is 5.75 Å². The van der Waals surface area contributed by atoms with Crippen molar-refractivity contribution in [3.63, 3.8) is 0 Å². The smallest absolute Gasteiger partial charge is 0.118 e. The van der Waals surface area contributed by atoms with E-state index in [4.69, 9.17) is 31.4 Å². The number of ether oxygens (including phenoxy) is 3. The summed E-state index contributed by atoms with van der Waals surface area (Å²) in [4.78, 5) is 0. The van der Waals surface area contributed by atoms with Crippen molar-refractivity contribution in [2.45, 2.75) is 49.8 Å². The molecule has 0 radical (unpaired) electrons. The van der Waals surface area contributed by atoms with Gasteiger partial charge in [0, 0.05) is 18.6 Å². The SMILES string of the molecule is COc1ccc(CO[C@H]2C(N)C[C@@H](N)[C@@H](OCCNCCCN)C2O)cc1. The molecule has 0 aromatic heterocycles. The van der Waals surface area contributed by atoms with Gasteiger partial charge in [-0.05, 0) is 43.6 Å². The Balaban J connectivity index is 1.83. The van der Waals surface area contributed by atoms with Crippen molar-refractivity contribution >= 4 is 0 Å². The van der Waals surface area contributed by atoms with Gasteiger partial charge in [-0.3, -0.25) is 0 Å². The number of rotatable bonds is 11. The molecule has 1 fully saturated rings. The molecular formula is C19H34N4O4. The van der Waals surface area contributed by atoms with Crippen LogP contribution < -0.4 is 27.3 Å². The summed E-state index contributed by atoms with van der Waals surface area (Å²) < 4.78 is 16.9. The van der Waals surface area contributed by atoms with Gasteiger partial charge in [0.2, 0.25) is 0 Å². The molecule has 0 amide bonds. The van der Waals surface area contributed by atoms with Crippen LogP contribution in [0, 0.1) is 0 Å². The first-order chi connectivity index (χ1) is 13.1. The Labute approximate surface area is 161 Å². The molecule has 5 atom stereocenters. The zero-order chi connectivity index (χ0) is 19.6. The van der Waals surface area contributed by atoms with E-state index in [0.717, 1.165) is 24.3 Å². The number of hydrogen-bond donors (Lipinski definition) is 5. The van der Waals surface area contributed by atoms with E-state index < -0.39 is 18.3 Å². The lowest BCUT2D eigenvalue weighted by molar-refractivity contribution is -0.150. The summed E-state index contributed by atoms with van der Waals surface area (Å²) in [5.74, 6) is 0.785. The Kier molecular flexibility index (Phi) is 9.43. The van der Waals surface area contributed by atoms with Crippen LogP contribution in [0.25, 0.3) is 0 Å². The molecule has 8 nitrogen and oxygen atoms in total. The van der Waals surface area contributed by atoms with Gasteiger partial charge >= 0.3 is 0 Å². The van der Waals surface area contributed by atoms with Gasteiger partial charge in [-0.1, -0.05) is 12.1 Å². The summed E-state index contributed by atoms with van der Waals surface area (Å²) in [5, 5.41) is 13.9. The summed E-state index contributed by atoms with van der Waals surface area (Å²) in [6.07, 6.45) is -0.438. The molecule has 0 aliphatic heterocycles. The summed E-state index contributed by atoms with van der Waals surface area (Å²) >= 11 is 0. The minimum absolute atomic E-state index is 0.320. The zero-order valence-corrected chi connectivity index (χ0v) is 16.0. The van der Waals surface area contributed by atoms with Gasteiger partial charge < -0.3 is 41.8 Å². The van der Waals surface area contributed by atoms with E-state index in [1.807, 2.05) is 24.3 Å². The van der Waals surface area contributed by atoms with E-state index >= 15 is 0 Å². The molecule has 1 saturated carbocycles. The standard InChI is InChI=1S/C19H34N4O4/c1-25-14-5-3-13(4-6-14)12-27-19-16(22)11-15(21)18(17(19)24)26-10-9-23-8-2-7-20/h3-6,15-19,23-24H,2,7-12,20-22H2,1H3/t15-,16?,17?,18-,19+/m1/s1. The van der Waals surface area contributed by atoms with E-state index in [9.17, 15) is 5.11 Å². The summed E-state index contributed by atoms with van der Waals surface area (Å²) in [6.45, 7) is 2.99. The van der Waals surface area contributed by atoms with Gasteiger partial charge in [-0.25, -0.2) is 0 Å². The monoisotopic (exact) mass is 382 g/mol. The maximum Gasteiger partial charge on any atom is 0.118 e. The topological polar surface area (TPSA) is 138 Å². The molecule has 1 aliphatic carbocycles. The first-order valence-corrected chi connectivity index (χ1v) is 9.53. The molecule has 1 aromatic rings. The van der Waals surface area contributed by atoms with E-state index in [2.05, 4.69) is 5.32 Å². The normalized spacial score (nSPS) is 28.3. The first kappa shape index (κ1) is 22.0. The van der Waals surface area contributed by atoms with Gasteiger partial charge in [0.05, 0.1) is 20.3 Å². The van der Waals surface area contributed by atoms with E-state index in [0.29, 0.717) is 32.7 Å². The molecule has 1 aliphatic rings. The predicted molar refractivity (Wildman–Crippen MR) is 104 cm³/mol. The Morgan fingerprint density at radius 1 is 1.07 bits per heavy atom. The molecule has 2 unspecified atom stereocenters. The minimum Gasteiger partial charge on any atom is -0.497 e. The fourth-order valence-electron chi connectivity index (χ4n) is 3.25. The maximum atomic E-state index is 10.7. The highest BCUT2D eigenvalue weighted by Crippen LogP contribution is 2.24. The second-order valence-electron chi connectivity index (χ2n) is 6.91. The Bertz CT molecular complexity index is 531. The quantitative estimate of drug-likeness (QED) is 0.318. The number of methoxy groups -OCH3 is 1. The van der Waals surface area contributed by atoms with Crippen molar-refractivity contribution in [3.8, 4) is 5.75 Å². The lowest BCUT2D eigenvalue weighted by Gasteiger charge is -2.42. The van der Waals surface area contributed by atoms with Crippen molar-refractivity contribution in [2.24, 2.45) is 17.2 Å². The van der Waals surface area contributed by atoms with Crippen molar-refractivity contribution < 1.29 is 19.3 Å². The fourth-order valence-corrected chi connectivity index (χ4v) is 3.25. The highest BCUT2D eigenvalue weighted by Gasteiger charge is 2.42. The molecule has 27 heavy (non-hydrogen) atoms. The van der Waals surface area contributed by atoms with Crippen LogP contribution in [-0.2, 0) is 16.1 Å². The summed E-state index contributed by atoms with van der Waals surface area (Å²) in [6, 6.07) is 6.93. The van der Waals surface area contributed by atoms with Crippen LogP contribution in [0.1, 0.15) is 18.4 Å². The lowest BCUT2D eigenvalue weighted by atomic mass is 9.84. The third-order valence-electron chi connectivity index (χ3n) is 4.81. The Morgan fingerprint density at radius 2 is 1.74 bits per heavy atom. The molecule has 0 spiro atoms. The van der Waals surface area contributed by atoms with Gasteiger partial charge in [0.15, 0.2) is 0 Å². The van der Waals surface area contributed by atoms with E-state index in [1.54, 1.807) is 7.11 Å². The van der Waals surface area contributed by atoms with Crippen LogP contribution in [0.3, 0.4) is 0 Å². The van der Waals surface area contributed by atoms with Crippen LogP contribution in [-0.4, -0.2) is 68.9 Å². The maximum absolute atomic E-state index is 10.7. The molecular weight excluding hydrogens is 348 g/mol. The van der Waals surface area contributed by atoms with Gasteiger partial charge in [0.25, 0.3) is 0 Å². The number of hydrogen-bond acceptors (Lipinski definition) is 8.